The van der Waals surface area contributed by atoms with Gasteiger partial charge in [-0.15, -0.1) is 0 Å². The molecule has 25 heavy (non-hydrogen) atoms. The van der Waals surface area contributed by atoms with Crippen LogP contribution in [0.15, 0.2) is 48.5 Å². The zero-order chi connectivity index (χ0) is 17.8. The number of aromatic nitrogens is 3. The number of fused-ring (bicyclic) bond motifs is 3. The van der Waals surface area contributed by atoms with E-state index in [1.165, 1.54) is 17.7 Å². The molecule has 2 aromatic heterocycles. The van der Waals surface area contributed by atoms with Crippen LogP contribution in [-0.4, -0.2) is 14.6 Å². The molecule has 0 radical (unpaired) electrons. The number of rotatable bonds is 2. The number of hydrogen-bond acceptors (Lipinski definition) is 1. The van der Waals surface area contributed by atoms with Crippen molar-refractivity contribution in [1.29, 1.82) is 0 Å². The van der Waals surface area contributed by atoms with Gasteiger partial charge in [-0.1, -0.05) is 32.0 Å². The number of alkyl halides is 3. The van der Waals surface area contributed by atoms with Crippen LogP contribution in [-0.2, 0) is 6.18 Å². The number of H-pyrrole nitrogens is 1. The molecule has 0 bridgehead atoms. The molecule has 1 N–H and O–H groups in total. The highest BCUT2D eigenvalue weighted by molar-refractivity contribution is 5.82. The van der Waals surface area contributed by atoms with Crippen molar-refractivity contribution in [3.05, 3.63) is 59.7 Å². The van der Waals surface area contributed by atoms with Crippen molar-refractivity contribution in [3.63, 3.8) is 0 Å². The van der Waals surface area contributed by atoms with Crippen molar-refractivity contribution in [2.24, 2.45) is 0 Å². The average molecular weight is 343 g/mol. The smallest absolute Gasteiger partial charge is 0.292 e. The highest BCUT2D eigenvalue weighted by Gasteiger charge is 2.30. The van der Waals surface area contributed by atoms with Gasteiger partial charge in [0.1, 0.15) is 0 Å². The van der Waals surface area contributed by atoms with Gasteiger partial charge in [-0.2, -0.15) is 13.2 Å². The van der Waals surface area contributed by atoms with E-state index < -0.39 is 11.7 Å². The monoisotopic (exact) mass is 343 g/mol. The number of hydrogen-bond donors (Lipinski definition) is 1. The standard InChI is InChI=1S/C19H16F3N3/c1-11(2)13-5-8-15-17(9-13)25-18(23-15)10-16(24-25)12-3-6-14(7-4-12)19(20,21)22/h3-11,24H,1-2H3. The molecule has 128 valence electrons. The van der Waals surface area contributed by atoms with E-state index in [1.807, 2.05) is 16.6 Å². The zero-order valence-electron chi connectivity index (χ0n) is 13.7. The summed E-state index contributed by atoms with van der Waals surface area (Å²) in [5.41, 5.74) is 4.55. The number of nitrogens with one attached hydrogen (secondary N) is 1. The first-order chi connectivity index (χ1) is 11.8. The van der Waals surface area contributed by atoms with Crippen LogP contribution < -0.4 is 0 Å². The fourth-order valence-corrected chi connectivity index (χ4v) is 2.95. The van der Waals surface area contributed by atoms with Crippen LogP contribution in [0, 0.1) is 0 Å². The fraction of sp³-hybridized carbons (Fsp3) is 0.211. The number of benzene rings is 2. The quantitative estimate of drug-likeness (QED) is 0.503. The van der Waals surface area contributed by atoms with Crippen molar-refractivity contribution in [1.82, 2.24) is 14.6 Å². The lowest BCUT2D eigenvalue weighted by Gasteiger charge is -2.07. The largest absolute Gasteiger partial charge is 0.416 e. The molecule has 0 saturated heterocycles. The van der Waals surface area contributed by atoms with E-state index in [0.29, 0.717) is 11.5 Å². The van der Waals surface area contributed by atoms with Crippen LogP contribution >= 0.6 is 0 Å². The summed E-state index contributed by atoms with van der Waals surface area (Å²) >= 11 is 0. The van der Waals surface area contributed by atoms with Crippen LogP contribution in [0.1, 0.15) is 30.9 Å². The first kappa shape index (κ1) is 15.7. The molecule has 0 aliphatic carbocycles. The lowest BCUT2D eigenvalue weighted by atomic mass is 10.0. The maximum absolute atomic E-state index is 12.7. The molecule has 0 spiro atoms. The second-order valence-corrected chi connectivity index (χ2v) is 6.45. The lowest BCUT2D eigenvalue weighted by molar-refractivity contribution is -0.137. The molecular formula is C19H16F3N3. The molecule has 0 saturated carbocycles. The maximum Gasteiger partial charge on any atom is 0.416 e. The summed E-state index contributed by atoms with van der Waals surface area (Å²) in [4.78, 5) is 4.57. The Bertz CT molecular complexity index is 1050. The molecule has 2 aromatic carbocycles. The normalized spacial score (nSPS) is 12.6. The first-order valence-electron chi connectivity index (χ1n) is 8.02. The Balaban J connectivity index is 1.80. The third kappa shape index (κ3) is 2.67. The van der Waals surface area contributed by atoms with Crippen molar-refractivity contribution in [3.8, 4) is 11.3 Å². The minimum absolute atomic E-state index is 0.402. The van der Waals surface area contributed by atoms with E-state index in [0.717, 1.165) is 34.5 Å². The molecule has 6 heteroatoms. The van der Waals surface area contributed by atoms with Crippen LogP contribution in [0.2, 0.25) is 0 Å². The van der Waals surface area contributed by atoms with Gasteiger partial charge in [0, 0.05) is 6.07 Å². The van der Waals surface area contributed by atoms with Crippen LogP contribution in [0.3, 0.4) is 0 Å². The second kappa shape index (κ2) is 5.37. The summed E-state index contributed by atoms with van der Waals surface area (Å²) in [5, 5.41) is 3.23. The Kier molecular flexibility index (Phi) is 3.39. The third-order valence-corrected chi connectivity index (χ3v) is 4.40. The third-order valence-electron chi connectivity index (χ3n) is 4.40. The molecule has 0 aliphatic heterocycles. The number of aromatic amines is 1. The molecule has 4 aromatic rings. The number of halogens is 3. The molecule has 0 atom stereocenters. The average Bonchev–Trinajstić information content (AvgIpc) is 3.11. The Morgan fingerprint density at radius 3 is 2.36 bits per heavy atom. The Morgan fingerprint density at radius 2 is 1.72 bits per heavy atom. The summed E-state index contributed by atoms with van der Waals surface area (Å²) in [7, 11) is 0. The van der Waals surface area contributed by atoms with Crippen molar-refractivity contribution < 1.29 is 13.2 Å². The Morgan fingerprint density at radius 1 is 1.00 bits per heavy atom. The van der Waals surface area contributed by atoms with Crippen LogP contribution in [0.5, 0.6) is 0 Å². The zero-order valence-corrected chi connectivity index (χ0v) is 13.7. The van der Waals surface area contributed by atoms with E-state index in [4.69, 9.17) is 0 Å². The van der Waals surface area contributed by atoms with Gasteiger partial charge in [-0.25, -0.2) is 9.50 Å². The summed E-state index contributed by atoms with van der Waals surface area (Å²) in [5.74, 6) is 0.402. The number of nitrogens with zero attached hydrogens (tertiary/aromatic N) is 2. The van der Waals surface area contributed by atoms with Gasteiger partial charge in [-0.3, -0.25) is 5.10 Å². The lowest BCUT2D eigenvalue weighted by Crippen LogP contribution is -2.04. The minimum atomic E-state index is -4.33. The van der Waals surface area contributed by atoms with Crippen LogP contribution in [0.25, 0.3) is 27.9 Å². The van der Waals surface area contributed by atoms with Gasteiger partial charge in [0.05, 0.1) is 22.3 Å². The second-order valence-electron chi connectivity index (χ2n) is 6.45. The topological polar surface area (TPSA) is 33.1 Å². The van der Waals surface area contributed by atoms with Crippen molar-refractivity contribution in [2.75, 3.05) is 0 Å². The molecule has 0 aliphatic rings. The number of imidazole rings is 1. The maximum atomic E-state index is 12.7. The summed E-state index contributed by atoms with van der Waals surface area (Å²) in [6, 6.07) is 13.1. The Hall–Kier alpha value is -2.76. The summed E-state index contributed by atoms with van der Waals surface area (Å²) in [6.07, 6.45) is -4.33. The van der Waals surface area contributed by atoms with Gasteiger partial charge in [-0.05, 0) is 41.3 Å². The van der Waals surface area contributed by atoms with Gasteiger partial charge in [0.15, 0.2) is 5.65 Å². The Labute approximate surface area is 142 Å². The van der Waals surface area contributed by atoms with Crippen LogP contribution in [0.4, 0.5) is 13.2 Å². The van der Waals surface area contributed by atoms with Gasteiger partial charge in [0.25, 0.3) is 0 Å². The summed E-state index contributed by atoms with van der Waals surface area (Å²) < 4.78 is 40.0. The molecule has 2 heterocycles. The molecule has 0 unspecified atom stereocenters. The molecule has 3 nitrogen and oxygen atoms in total. The SMILES string of the molecule is CC(C)c1ccc2nc3cc(-c4ccc(C(F)(F)F)cc4)[nH]n3c2c1. The van der Waals surface area contributed by atoms with Crippen molar-refractivity contribution >= 4 is 16.7 Å². The van der Waals surface area contributed by atoms with Gasteiger partial charge in [0.2, 0.25) is 0 Å². The fourth-order valence-electron chi connectivity index (χ4n) is 2.95. The van der Waals surface area contributed by atoms with E-state index in [-0.39, 0.29) is 0 Å². The van der Waals surface area contributed by atoms with E-state index >= 15 is 0 Å². The molecule has 0 amide bonds. The molecule has 0 fully saturated rings. The highest BCUT2D eigenvalue weighted by atomic mass is 19.4. The van der Waals surface area contributed by atoms with Gasteiger partial charge >= 0.3 is 6.18 Å². The first-order valence-corrected chi connectivity index (χ1v) is 8.02. The molecule has 4 rings (SSSR count). The van der Waals surface area contributed by atoms with Crippen molar-refractivity contribution in [2.45, 2.75) is 25.9 Å². The predicted molar refractivity (Wildman–Crippen MR) is 91.6 cm³/mol. The summed E-state index contributed by atoms with van der Waals surface area (Å²) in [6.45, 7) is 4.25. The van der Waals surface area contributed by atoms with Gasteiger partial charge < -0.3 is 0 Å². The van der Waals surface area contributed by atoms with E-state index in [9.17, 15) is 13.2 Å². The predicted octanol–water partition coefficient (Wildman–Crippen LogP) is 5.62. The van der Waals surface area contributed by atoms with E-state index in [1.54, 1.807) is 0 Å². The highest BCUT2D eigenvalue weighted by Crippen LogP contribution is 2.31. The van der Waals surface area contributed by atoms with E-state index in [2.05, 4.69) is 36.1 Å². The minimum Gasteiger partial charge on any atom is -0.292 e. The molecular weight excluding hydrogens is 327 g/mol.